The van der Waals surface area contributed by atoms with Gasteiger partial charge in [0, 0.05) is 11.1 Å². The lowest BCUT2D eigenvalue weighted by Gasteiger charge is -2.04. The molecule has 0 saturated carbocycles. The van der Waals surface area contributed by atoms with Crippen LogP contribution in [0.4, 0.5) is 0 Å². The van der Waals surface area contributed by atoms with Crippen LogP contribution in [-0.2, 0) is 5.75 Å². The second kappa shape index (κ2) is 7.33. The average molecular weight is 247 g/mol. The standard InChI is InChI=1S/C12H13NS.C3H8/c1-9-7-10(8-14-2)13-12-6-4-3-5-11(9)12;1-3-2/h3-7H,8H2,1-2H3;3H2,1-2H3. The van der Waals surface area contributed by atoms with E-state index in [4.69, 9.17) is 0 Å². The third-order valence-electron chi connectivity index (χ3n) is 2.27. The summed E-state index contributed by atoms with van der Waals surface area (Å²) in [6, 6.07) is 10.5. The number of para-hydroxylation sites is 1. The normalized spacial score (nSPS) is 9.88. The molecule has 17 heavy (non-hydrogen) atoms. The van der Waals surface area contributed by atoms with E-state index >= 15 is 0 Å². The largest absolute Gasteiger partial charge is 0.252 e. The number of thioether (sulfide) groups is 1. The molecule has 0 fully saturated rings. The van der Waals surface area contributed by atoms with Crippen molar-refractivity contribution in [1.29, 1.82) is 0 Å². The highest BCUT2D eigenvalue weighted by atomic mass is 32.2. The van der Waals surface area contributed by atoms with Crippen molar-refractivity contribution in [2.45, 2.75) is 32.9 Å². The predicted molar refractivity (Wildman–Crippen MR) is 79.7 cm³/mol. The van der Waals surface area contributed by atoms with Crippen molar-refractivity contribution in [3.8, 4) is 0 Å². The maximum absolute atomic E-state index is 4.60. The smallest absolute Gasteiger partial charge is 0.0708 e. The zero-order chi connectivity index (χ0) is 12.7. The summed E-state index contributed by atoms with van der Waals surface area (Å²) in [6.45, 7) is 6.40. The number of rotatable bonds is 2. The molecular formula is C15H21NS. The lowest BCUT2D eigenvalue weighted by atomic mass is 10.1. The molecule has 0 amide bonds. The molecule has 0 aliphatic rings. The molecule has 0 bridgehead atoms. The van der Waals surface area contributed by atoms with E-state index in [9.17, 15) is 0 Å². The van der Waals surface area contributed by atoms with Crippen LogP contribution in [0.15, 0.2) is 30.3 Å². The summed E-state index contributed by atoms with van der Waals surface area (Å²) in [5.41, 5.74) is 3.60. The molecule has 0 unspecified atom stereocenters. The van der Waals surface area contributed by atoms with Crippen LogP contribution < -0.4 is 0 Å². The number of pyridine rings is 1. The first kappa shape index (κ1) is 14.0. The van der Waals surface area contributed by atoms with Crippen LogP contribution in [-0.4, -0.2) is 11.2 Å². The minimum Gasteiger partial charge on any atom is -0.252 e. The van der Waals surface area contributed by atoms with Crippen LogP contribution in [0.2, 0.25) is 0 Å². The molecule has 1 heterocycles. The van der Waals surface area contributed by atoms with E-state index in [0.29, 0.717) is 0 Å². The Labute approximate surface area is 109 Å². The number of hydrogen-bond donors (Lipinski definition) is 0. The fraction of sp³-hybridized carbons (Fsp3) is 0.400. The number of nitrogens with zero attached hydrogens (tertiary/aromatic N) is 1. The second-order valence-corrected chi connectivity index (χ2v) is 4.95. The van der Waals surface area contributed by atoms with Gasteiger partial charge in [-0.2, -0.15) is 11.8 Å². The van der Waals surface area contributed by atoms with Gasteiger partial charge in [-0.25, -0.2) is 0 Å². The van der Waals surface area contributed by atoms with Gasteiger partial charge in [0.15, 0.2) is 0 Å². The van der Waals surface area contributed by atoms with Crippen molar-refractivity contribution in [2.24, 2.45) is 0 Å². The van der Waals surface area contributed by atoms with Crippen molar-refractivity contribution in [2.75, 3.05) is 6.26 Å². The Morgan fingerprint density at radius 2 is 1.82 bits per heavy atom. The molecule has 0 N–H and O–H groups in total. The fourth-order valence-corrected chi connectivity index (χ4v) is 2.08. The molecule has 1 aromatic heterocycles. The molecule has 1 nitrogen and oxygen atoms in total. The number of benzene rings is 1. The van der Waals surface area contributed by atoms with Crippen LogP contribution in [0.3, 0.4) is 0 Å². The first-order valence-corrected chi connectivity index (χ1v) is 7.46. The lowest BCUT2D eigenvalue weighted by molar-refractivity contribution is 1.09. The van der Waals surface area contributed by atoms with Gasteiger partial charge >= 0.3 is 0 Å². The van der Waals surface area contributed by atoms with Gasteiger partial charge in [-0.15, -0.1) is 0 Å². The summed E-state index contributed by atoms with van der Waals surface area (Å²) in [4.78, 5) is 4.60. The Hall–Kier alpha value is -1.02. The molecule has 0 aliphatic carbocycles. The first-order valence-electron chi connectivity index (χ1n) is 6.07. The Balaban J connectivity index is 0.000000437. The quantitative estimate of drug-likeness (QED) is 0.754. The summed E-state index contributed by atoms with van der Waals surface area (Å²) in [7, 11) is 0. The Morgan fingerprint density at radius 1 is 1.18 bits per heavy atom. The summed E-state index contributed by atoms with van der Waals surface area (Å²) in [5, 5.41) is 1.26. The zero-order valence-corrected chi connectivity index (χ0v) is 12.0. The van der Waals surface area contributed by atoms with Gasteiger partial charge in [0.25, 0.3) is 0 Å². The summed E-state index contributed by atoms with van der Waals surface area (Å²) in [6.07, 6.45) is 3.35. The average Bonchev–Trinajstić information content (AvgIpc) is 2.30. The van der Waals surface area contributed by atoms with Gasteiger partial charge < -0.3 is 0 Å². The molecule has 1 aromatic carbocycles. The van der Waals surface area contributed by atoms with Crippen molar-refractivity contribution in [1.82, 2.24) is 4.98 Å². The molecule has 2 aromatic rings. The van der Waals surface area contributed by atoms with Gasteiger partial charge in [0.05, 0.1) is 11.2 Å². The molecule has 2 rings (SSSR count). The second-order valence-electron chi connectivity index (χ2n) is 4.09. The van der Waals surface area contributed by atoms with Gasteiger partial charge in [-0.05, 0) is 30.9 Å². The maximum atomic E-state index is 4.60. The van der Waals surface area contributed by atoms with Crippen LogP contribution in [0.5, 0.6) is 0 Å². The van der Waals surface area contributed by atoms with E-state index in [0.717, 1.165) is 11.3 Å². The molecule has 0 atom stereocenters. The van der Waals surface area contributed by atoms with E-state index in [-0.39, 0.29) is 0 Å². The van der Waals surface area contributed by atoms with Crippen LogP contribution >= 0.6 is 11.8 Å². The van der Waals surface area contributed by atoms with Crippen LogP contribution in [0.1, 0.15) is 31.5 Å². The van der Waals surface area contributed by atoms with Gasteiger partial charge in [0.2, 0.25) is 0 Å². The molecule has 0 spiro atoms. The molecule has 0 saturated heterocycles. The molecule has 2 heteroatoms. The van der Waals surface area contributed by atoms with Crippen molar-refractivity contribution >= 4 is 22.7 Å². The number of hydrogen-bond acceptors (Lipinski definition) is 2. The summed E-state index contributed by atoms with van der Waals surface area (Å²) < 4.78 is 0. The molecule has 0 aliphatic heterocycles. The van der Waals surface area contributed by atoms with E-state index in [1.165, 1.54) is 23.1 Å². The number of aryl methyl sites for hydroxylation is 1. The van der Waals surface area contributed by atoms with Crippen LogP contribution in [0, 0.1) is 6.92 Å². The zero-order valence-electron chi connectivity index (χ0n) is 11.2. The highest BCUT2D eigenvalue weighted by molar-refractivity contribution is 7.97. The Kier molecular flexibility index (Phi) is 6.06. The first-order chi connectivity index (χ1) is 8.22. The van der Waals surface area contributed by atoms with E-state index in [1.54, 1.807) is 0 Å². The minimum atomic E-state index is 0.992. The van der Waals surface area contributed by atoms with Gasteiger partial charge in [-0.1, -0.05) is 38.5 Å². The fourth-order valence-electron chi connectivity index (χ4n) is 1.64. The predicted octanol–water partition coefficient (Wildman–Crippen LogP) is 4.82. The van der Waals surface area contributed by atoms with E-state index in [2.05, 4.69) is 56.3 Å². The highest BCUT2D eigenvalue weighted by Crippen LogP contribution is 2.18. The van der Waals surface area contributed by atoms with E-state index < -0.39 is 0 Å². The minimum absolute atomic E-state index is 0.992. The number of aromatic nitrogens is 1. The Bertz CT molecular complexity index is 465. The SMILES string of the molecule is CCC.CSCc1cc(C)c2ccccc2n1. The maximum Gasteiger partial charge on any atom is 0.0708 e. The topological polar surface area (TPSA) is 12.9 Å². The van der Waals surface area contributed by atoms with Crippen molar-refractivity contribution < 1.29 is 0 Å². The molecular weight excluding hydrogens is 226 g/mol. The van der Waals surface area contributed by atoms with E-state index in [1.807, 2.05) is 17.8 Å². The Morgan fingerprint density at radius 3 is 2.47 bits per heavy atom. The lowest BCUT2D eigenvalue weighted by Crippen LogP contribution is -1.90. The van der Waals surface area contributed by atoms with Gasteiger partial charge in [0.1, 0.15) is 0 Å². The highest BCUT2D eigenvalue weighted by Gasteiger charge is 2.00. The van der Waals surface area contributed by atoms with Gasteiger partial charge in [-0.3, -0.25) is 4.98 Å². The van der Waals surface area contributed by atoms with Crippen molar-refractivity contribution in [3.05, 3.63) is 41.6 Å². The molecule has 92 valence electrons. The summed E-state index contributed by atoms with van der Waals surface area (Å²) >= 11 is 1.81. The third kappa shape index (κ3) is 4.04. The van der Waals surface area contributed by atoms with Crippen molar-refractivity contribution in [3.63, 3.8) is 0 Å². The third-order valence-corrected chi connectivity index (χ3v) is 2.85. The summed E-state index contributed by atoms with van der Waals surface area (Å²) in [5.74, 6) is 0.992. The number of fused-ring (bicyclic) bond motifs is 1. The van der Waals surface area contributed by atoms with Crippen LogP contribution in [0.25, 0.3) is 10.9 Å². The molecule has 0 radical (unpaired) electrons. The monoisotopic (exact) mass is 247 g/mol.